The van der Waals surface area contributed by atoms with Gasteiger partial charge in [-0.15, -0.1) is 0 Å². The minimum absolute atomic E-state index is 0.0519. The molecule has 0 fully saturated rings. The van der Waals surface area contributed by atoms with E-state index in [-0.39, 0.29) is 16.3 Å². The number of aromatic carboxylic acids is 1. The number of para-hydroxylation sites is 1. The van der Waals surface area contributed by atoms with Gasteiger partial charge in [-0.05, 0) is 55.7 Å². The zero-order valence-corrected chi connectivity index (χ0v) is 12.3. The van der Waals surface area contributed by atoms with Gasteiger partial charge in [0.2, 0.25) is 0 Å². The molecule has 0 saturated carbocycles. The van der Waals surface area contributed by atoms with Crippen molar-refractivity contribution >= 4 is 17.6 Å². The summed E-state index contributed by atoms with van der Waals surface area (Å²) in [4.78, 5) is 11.2. The average molecular weight is 291 g/mol. The van der Waals surface area contributed by atoms with Crippen LogP contribution in [0.1, 0.15) is 27.0 Å². The molecule has 1 N–H and O–H groups in total. The summed E-state index contributed by atoms with van der Waals surface area (Å²) in [5.41, 5.74) is 3.15. The normalized spacial score (nSPS) is 10.4. The molecule has 0 radical (unpaired) electrons. The fourth-order valence-electron chi connectivity index (χ4n) is 2.00. The number of aryl methyl sites for hydroxylation is 2. The highest BCUT2D eigenvalue weighted by Gasteiger charge is 2.16. The third kappa shape index (κ3) is 2.78. The molecule has 2 aromatic rings. The van der Waals surface area contributed by atoms with Crippen molar-refractivity contribution in [2.75, 3.05) is 0 Å². The van der Waals surface area contributed by atoms with Crippen LogP contribution in [0.15, 0.2) is 30.3 Å². The Morgan fingerprint density at radius 1 is 1.20 bits per heavy atom. The SMILES string of the molecule is Cc1cc(C)c(C)c(Oc2c(Cl)cccc2C(=O)O)c1. The van der Waals surface area contributed by atoms with E-state index >= 15 is 0 Å². The van der Waals surface area contributed by atoms with Crippen molar-refractivity contribution in [3.8, 4) is 11.5 Å². The van der Waals surface area contributed by atoms with Gasteiger partial charge in [-0.2, -0.15) is 0 Å². The number of carbonyl (C=O) groups is 1. The highest BCUT2D eigenvalue weighted by atomic mass is 35.5. The molecule has 0 amide bonds. The molecule has 0 heterocycles. The molecule has 4 heteroatoms. The van der Waals surface area contributed by atoms with Gasteiger partial charge in [0.1, 0.15) is 11.3 Å². The van der Waals surface area contributed by atoms with Crippen LogP contribution in [-0.2, 0) is 0 Å². The molecular weight excluding hydrogens is 276 g/mol. The first kappa shape index (κ1) is 14.4. The predicted octanol–water partition coefficient (Wildman–Crippen LogP) is 4.76. The van der Waals surface area contributed by atoms with Crippen LogP contribution in [0.2, 0.25) is 5.02 Å². The molecule has 0 bridgehead atoms. The quantitative estimate of drug-likeness (QED) is 0.887. The summed E-state index contributed by atoms with van der Waals surface area (Å²) in [5, 5.41) is 9.49. The highest BCUT2D eigenvalue weighted by Crippen LogP contribution is 2.35. The van der Waals surface area contributed by atoms with Gasteiger partial charge >= 0.3 is 5.97 Å². The lowest BCUT2D eigenvalue weighted by atomic mass is 10.1. The Balaban J connectivity index is 2.53. The summed E-state index contributed by atoms with van der Waals surface area (Å²) in [7, 11) is 0. The van der Waals surface area contributed by atoms with Crippen LogP contribution in [0, 0.1) is 20.8 Å². The van der Waals surface area contributed by atoms with Gasteiger partial charge in [-0.1, -0.05) is 23.7 Å². The van der Waals surface area contributed by atoms with E-state index in [4.69, 9.17) is 16.3 Å². The van der Waals surface area contributed by atoms with Crippen molar-refractivity contribution in [2.24, 2.45) is 0 Å². The van der Waals surface area contributed by atoms with E-state index < -0.39 is 5.97 Å². The second kappa shape index (κ2) is 5.55. The van der Waals surface area contributed by atoms with Crippen LogP contribution in [-0.4, -0.2) is 11.1 Å². The molecule has 0 spiro atoms. The van der Waals surface area contributed by atoms with Gasteiger partial charge in [-0.3, -0.25) is 0 Å². The van der Waals surface area contributed by atoms with E-state index in [9.17, 15) is 9.90 Å². The van der Waals surface area contributed by atoms with Gasteiger partial charge in [0.25, 0.3) is 0 Å². The van der Waals surface area contributed by atoms with Crippen LogP contribution in [0.4, 0.5) is 0 Å². The first-order valence-electron chi connectivity index (χ1n) is 6.17. The van der Waals surface area contributed by atoms with Crippen LogP contribution in [0.3, 0.4) is 0 Å². The van der Waals surface area contributed by atoms with Crippen molar-refractivity contribution in [2.45, 2.75) is 20.8 Å². The van der Waals surface area contributed by atoms with Crippen LogP contribution >= 0.6 is 11.6 Å². The van der Waals surface area contributed by atoms with Crippen molar-refractivity contribution in [3.05, 3.63) is 57.6 Å². The molecule has 2 rings (SSSR count). The minimum atomic E-state index is -1.07. The number of carboxylic acid groups (broad SMARTS) is 1. The summed E-state index contributed by atoms with van der Waals surface area (Å²) in [6, 6.07) is 8.60. The minimum Gasteiger partial charge on any atom is -0.478 e. The lowest BCUT2D eigenvalue weighted by molar-refractivity contribution is 0.0694. The molecule has 20 heavy (non-hydrogen) atoms. The number of halogens is 1. The number of hydrogen-bond donors (Lipinski definition) is 1. The lowest BCUT2D eigenvalue weighted by Gasteiger charge is -2.14. The Hall–Kier alpha value is -2.00. The number of carboxylic acids is 1. The molecule has 0 unspecified atom stereocenters. The Kier molecular flexibility index (Phi) is 4.00. The maximum Gasteiger partial charge on any atom is 0.339 e. The summed E-state index contributed by atoms with van der Waals surface area (Å²) in [6.07, 6.45) is 0. The zero-order chi connectivity index (χ0) is 14.9. The molecule has 0 aliphatic heterocycles. The third-order valence-corrected chi connectivity index (χ3v) is 3.47. The molecular formula is C16H15ClO3. The summed E-state index contributed by atoms with van der Waals surface area (Å²) in [5.74, 6) is -0.266. The van der Waals surface area contributed by atoms with Crippen molar-refractivity contribution in [1.29, 1.82) is 0 Å². The maximum atomic E-state index is 11.2. The smallest absolute Gasteiger partial charge is 0.339 e. The largest absolute Gasteiger partial charge is 0.478 e. The molecule has 3 nitrogen and oxygen atoms in total. The van der Waals surface area contributed by atoms with E-state index in [1.807, 2.05) is 32.9 Å². The second-order valence-electron chi connectivity index (χ2n) is 4.73. The fourth-order valence-corrected chi connectivity index (χ4v) is 2.21. The number of benzene rings is 2. The number of rotatable bonds is 3. The highest BCUT2D eigenvalue weighted by molar-refractivity contribution is 6.32. The summed E-state index contributed by atoms with van der Waals surface area (Å²) >= 11 is 6.07. The van der Waals surface area contributed by atoms with Crippen molar-refractivity contribution in [3.63, 3.8) is 0 Å². The van der Waals surface area contributed by atoms with Gasteiger partial charge in [0.05, 0.1) is 5.02 Å². The Morgan fingerprint density at radius 3 is 2.55 bits per heavy atom. The lowest BCUT2D eigenvalue weighted by Crippen LogP contribution is -2.01. The van der Waals surface area contributed by atoms with Crippen LogP contribution in [0.5, 0.6) is 11.5 Å². The van der Waals surface area contributed by atoms with Gasteiger partial charge in [0.15, 0.2) is 5.75 Å². The summed E-state index contributed by atoms with van der Waals surface area (Å²) in [6.45, 7) is 5.88. The van der Waals surface area contributed by atoms with Crippen LogP contribution < -0.4 is 4.74 Å². The number of ether oxygens (including phenoxy) is 1. The molecule has 0 saturated heterocycles. The third-order valence-electron chi connectivity index (χ3n) is 3.17. The zero-order valence-electron chi connectivity index (χ0n) is 11.5. The topological polar surface area (TPSA) is 46.5 Å². The van der Waals surface area contributed by atoms with E-state index in [0.29, 0.717) is 5.75 Å². The van der Waals surface area contributed by atoms with Crippen LogP contribution in [0.25, 0.3) is 0 Å². The first-order valence-corrected chi connectivity index (χ1v) is 6.55. The molecule has 0 aliphatic rings. The molecule has 0 aliphatic carbocycles. The maximum absolute atomic E-state index is 11.2. The van der Waals surface area contributed by atoms with Gasteiger partial charge in [0, 0.05) is 0 Å². The van der Waals surface area contributed by atoms with E-state index in [1.165, 1.54) is 6.07 Å². The van der Waals surface area contributed by atoms with Gasteiger partial charge < -0.3 is 9.84 Å². The second-order valence-corrected chi connectivity index (χ2v) is 5.14. The molecule has 104 valence electrons. The monoisotopic (exact) mass is 290 g/mol. The van der Waals surface area contributed by atoms with Gasteiger partial charge in [-0.25, -0.2) is 4.79 Å². The Labute approximate surface area is 122 Å². The Morgan fingerprint density at radius 2 is 1.90 bits per heavy atom. The fraction of sp³-hybridized carbons (Fsp3) is 0.188. The Bertz CT molecular complexity index is 678. The standard InChI is InChI=1S/C16H15ClO3/c1-9-7-10(2)11(3)14(8-9)20-15-12(16(18)19)5-4-6-13(15)17/h4-8H,1-3H3,(H,18,19). The van der Waals surface area contributed by atoms with E-state index in [0.717, 1.165) is 16.7 Å². The average Bonchev–Trinajstić information content (AvgIpc) is 2.37. The molecule has 0 atom stereocenters. The molecule has 0 aromatic heterocycles. The van der Waals surface area contributed by atoms with E-state index in [1.54, 1.807) is 12.1 Å². The molecule has 2 aromatic carbocycles. The summed E-state index contributed by atoms with van der Waals surface area (Å²) < 4.78 is 5.78. The van der Waals surface area contributed by atoms with Crippen molar-refractivity contribution < 1.29 is 14.6 Å². The predicted molar refractivity (Wildman–Crippen MR) is 79.1 cm³/mol. The van der Waals surface area contributed by atoms with Crippen molar-refractivity contribution in [1.82, 2.24) is 0 Å². The van der Waals surface area contributed by atoms with E-state index in [2.05, 4.69) is 0 Å². The number of hydrogen-bond acceptors (Lipinski definition) is 2. The first-order chi connectivity index (χ1) is 9.40.